The molecule has 6 heteroatoms. The standard InChI is InChI=1S/C15H15BrN2O3/c1-8-5-9(2)13(11(16)6-8)18-7-10(3)14(19)12(17-18)15(20)21-4/h5-7H,1-4H3. The van der Waals surface area contributed by atoms with Crippen molar-refractivity contribution >= 4 is 21.9 Å². The zero-order valence-corrected chi connectivity index (χ0v) is 13.8. The van der Waals surface area contributed by atoms with Crippen molar-refractivity contribution in [2.24, 2.45) is 0 Å². The van der Waals surface area contributed by atoms with Gasteiger partial charge >= 0.3 is 5.97 Å². The maximum Gasteiger partial charge on any atom is 0.362 e. The summed E-state index contributed by atoms with van der Waals surface area (Å²) in [5.74, 6) is -0.738. The normalized spacial score (nSPS) is 10.5. The first-order chi connectivity index (χ1) is 9.85. The second-order valence-corrected chi connectivity index (χ2v) is 5.69. The van der Waals surface area contributed by atoms with Crippen molar-refractivity contribution in [3.05, 3.63) is 55.4 Å². The highest BCUT2D eigenvalue weighted by Gasteiger charge is 2.17. The van der Waals surface area contributed by atoms with Gasteiger partial charge in [0.15, 0.2) is 0 Å². The summed E-state index contributed by atoms with van der Waals surface area (Å²) in [5.41, 5.74) is 2.66. The molecule has 110 valence electrons. The van der Waals surface area contributed by atoms with E-state index in [2.05, 4.69) is 25.8 Å². The summed E-state index contributed by atoms with van der Waals surface area (Å²) < 4.78 is 6.98. The Morgan fingerprint density at radius 1 is 1.24 bits per heavy atom. The number of carbonyl (C=O) groups excluding carboxylic acids is 1. The molecule has 0 aliphatic heterocycles. The Balaban J connectivity index is 2.74. The number of hydrogen-bond acceptors (Lipinski definition) is 4. The third-order valence-electron chi connectivity index (χ3n) is 3.10. The van der Waals surface area contributed by atoms with Crippen molar-refractivity contribution in [2.75, 3.05) is 7.11 Å². The van der Waals surface area contributed by atoms with Gasteiger partial charge in [0.1, 0.15) is 0 Å². The van der Waals surface area contributed by atoms with Gasteiger partial charge in [0.2, 0.25) is 11.1 Å². The molecule has 0 aliphatic rings. The predicted molar refractivity (Wildman–Crippen MR) is 83.1 cm³/mol. The van der Waals surface area contributed by atoms with E-state index in [0.717, 1.165) is 21.3 Å². The largest absolute Gasteiger partial charge is 0.464 e. The number of rotatable bonds is 2. The number of nitrogens with zero attached hydrogens (tertiary/aromatic N) is 2. The van der Waals surface area contributed by atoms with Crippen molar-refractivity contribution in [1.82, 2.24) is 9.78 Å². The molecule has 1 aromatic heterocycles. The summed E-state index contributed by atoms with van der Waals surface area (Å²) in [7, 11) is 1.23. The van der Waals surface area contributed by atoms with Gasteiger partial charge in [-0.25, -0.2) is 9.48 Å². The molecule has 0 N–H and O–H groups in total. The number of hydrogen-bond donors (Lipinski definition) is 0. The third-order valence-corrected chi connectivity index (χ3v) is 3.71. The van der Waals surface area contributed by atoms with Crippen LogP contribution in [0, 0.1) is 20.8 Å². The molecule has 2 aromatic rings. The van der Waals surface area contributed by atoms with E-state index in [1.165, 1.54) is 11.8 Å². The fraction of sp³-hybridized carbons (Fsp3) is 0.267. The van der Waals surface area contributed by atoms with E-state index in [-0.39, 0.29) is 5.69 Å². The summed E-state index contributed by atoms with van der Waals surface area (Å²) in [6.45, 7) is 5.58. The van der Waals surface area contributed by atoms with Crippen molar-refractivity contribution in [3.63, 3.8) is 0 Å². The Bertz CT molecular complexity index is 758. The van der Waals surface area contributed by atoms with Crippen molar-refractivity contribution in [2.45, 2.75) is 20.8 Å². The lowest BCUT2D eigenvalue weighted by Gasteiger charge is -2.13. The van der Waals surface area contributed by atoms with Crippen LogP contribution in [-0.2, 0) is 4.74 Å². The molecule has 1 heterocycles. The van der Waals surface area contributed by atoms with Gasteiger partial charge < -0.3 is 4.74 Å². The number of methoxy groups -OCH3 is 1. The molecular weight excluding hydrogens is 336 g/mol. The second-order valence-electron chi connectivity index (χ2n) is 4.84. The fourth-order valence-electron chi connectivity index (χ4n) is 2.15. The highest BCUT2D eigenvalue weighted by atomic mass is 79.9. The summed E-state index contributed by atoms with van der Waals surface area (Å²) in [4.78, 5) is 23.7. The van der Waals surface area contributed by atoms with E-state index >= 15 is 0 Å². The molecule has 0 saturated heterocycles. The van der Waals surface area contributed by atoms with Gasteiger partial charge in [0.25, 0.3) is 0 Å². The van der Waals surface area contributed by atoms with Crippen molar-refractivity contribution in [3.8, 4) is 5.69 Å². The third kappa shape index (κ3) is 2.90. The molecule has 21 heavy (non-hydrogen) atoms. The number of benzene rings is 1. The van der Waals surface area contributed by atoms with Gasteiger partial charge in [0.05, 0.1) is 12.8 Å². The molecule has 0 atom stereocenters. The highest BCUT2D eigenvalue weighted by molar-refractivity contribution is 9.10. The Labute approximate surface area is 130 Å². The van der Waals surface area contributed by atoms with Gasteiger partial charge in [-0.1, -0.05) is 6.07 Å². The van der Waals surface area contributed by atoms with E-state index < -0.39 is 11.4 Å². The quantitative estimate of drug-likeness (QED) is 0.781. The van der Waals surface area contributed by atoms with Crippen LogP contribution in [0.15, 0.2) is 27.6 Å². The minimum atomic E-state index is -0.738. The van der Waals surface area contributed by atoms with E-state index in [4.69, 9.17) is 0 Å². The Hall–Kier alpha value is -1.95. The number of ether oxygens (including phenoxy) is 1. The first-order valence-electron chi connectivity index (χ1n) is 6.31. The number of aryl methyl sites for hydroxylation is 3. The molecule has 1 aromatic carbocycles. The maximum absolute atomic E-state index is 12.0. The molecule has 0 radical (unpaired) electrons. The van der Waals surface area contributed by atoms with Crippen LogP contribution in [0.4, 0.5) is 0 Å². The van der Waals surface area contributed by atoms with Crippen molar-refractivity contribution < 1.29 is 9.53 Å². The maximum atomic E-state index is 12.0. The molecule has 0 aliphatic carbocycles. The number of halogens is 1. The molecule has 5 nitrogen and oxygen atoms in total. The lowest BCUT2D eigenvalue weighted by molar-refractivity contribution is 0.0590. The molecule has 0 unspecified atom stereocenters. The summed E-state index contributed by atoms with van der Waals surface area (Å²) in [6, 6.07) is 3.96. The van der Waals surface area contributed by atoms with Crippen LogP contribution in [0.25, 0.3) is 5.69 Å². The SMILES string of the molecule is COC(=O)c1nn(-c2c(C)cc(C)cc2Br)cc(C)c1=O. The van der Waals surface area contributed by atoms with Crippen LogP contribution in [0.5, 0.6) is 0 Å². The molecular formula is C15H15BrN2O3. The topological polar surface area (TPSA) is 61.2 Å². The van der Waals surface area contributed by atoms with Gasteiger partial charge in [-0.2, -0.15) is 5.10 Å². The lowest BCUT2D eigenvalue weighted by Crippen LogP contribution is -2.24. The zero-order valence-electron chi connectivity index (χ0n) is 12.2. The Morgan fingerprint density at radius 2 is 1.90 bits per heavy atom. The minimum Gasteiger partial charge on any atom is -0.464 e. The van der Waals surface area contributed by atoms with E-state index in [0.29, 0.717) is 5.56 Å². The van der Waals surface area contributed by atoms with Crippen LogP contribution < -0.4 is 5.43 Å². The average molecular weight is 351 g/mol. The first kappa shape index (κ1) is 15.4. The van der Waals surface area contributed by atoms with Crippen molar-refractivity contribution in [1.29, 1.82) is 0 Å². The summed E-state index contributed by atoms with van der Waals surface area (Å²) in [6.07, 6.45) is 1.61. The van der Waals surface area contributed by atoms with E-state index in [1.54, 1.807) is 13.1 Å². The van der Waals surface area contributed by atoms with Crippen LogP contribution in [0.2, 0.25) is 0 Å². The monoisotopic (exact) mass is 350 g/mol. The Kier molecular flexibility index (Phi) is 4.27. The predicted octanol–water partition coefficient (Wildman–Crippen LogP) is 2.71. The van der Waals surface area contributed by atoms with E-state index in [1.807, 2.05) is 26.0 Å². The number of aromatic nitrogens is 2. The molecule has 0 spiro atoms. The average Bonchev–Trinajstić information content (AvgIpc) is 2.40. The highest BCUT2D eigenvalue weighted by Crippen LogP contribution is 2.25. The smallest absolute Gasteiger partial charge is 0.362 e. The molecule has 2 rings (SSSR count). The van der Waals surface area contributed by atoms with Crippen LogP contribution in [0.1, 0.15) is 27.2 Å². The molecule has 0 amide bonds. The first-order valence-corrected chi connectivity index (χ1v) is 7.10. The van der Waals surface area contributed by atoms with Gasteiger partial charge in [-0.3, -0.25) is 4.79 Å². The van der Waals surface area contributed by atoms with Gasteiger partial charge in [-0.15, -0.1) is 0 Å². The van der Waals surface area contributed by atoms with Crippen LogP contribution in [0.3, 0.4) is 0 Å². The molecule has 0 fully saturated rings. The van der Waals surface area contributed by atoms with E-state index in [9.17, 15) is 9.59 Å². The lowest BCUT2D eigenvalue weighted by atomic mass is 10.1. The fourth-order valence-corrected chi connectivity index (χ4v) is 3.01. The molecule has 0 saturated carbocycles. The summed E-state index contributed by atoms with van der Waals surface area (Å²) in [5, 5.41) is 4.13. The summed E-state index contributed by atoms with van der Waals surface area (Å²) >= 11 is 3.50. The van der Waals surface area contributed by atoms with Crippen LogP contribution in [-0.4, -0.2) is 22.9 Å². The van der Waals surface area contributed by atoms with Gasteiger partial charge in [0, 0.05) is 16.2 Å². The number of carbonyl (C=O) groups is 1. The van der Waals surface area contributed by atoms with Gasteiger partial charge in [-0.05, 0) is 53.9 Å². The molecule has 0 bridgehead atoms. The zero-order chi connectivity index (χ0) is 15.7. The number of esters is 1. The van der Waals surface area contributed by atoms with Crippen LogP contribution >= 0.6 is 15.9 Å². The Morgan fingerprint density at radius 3 is 2.48 bits per heavy atom. The second kappa shape index (κ2) is 5.81. The minimum absolute atomic E-state index is 0.218.